The van der Waals surface area contributed by atoms with E-state index in [0.29, 0.717) is 24.3 Å². The summed E-state index contributed by atoms with van der Waals surface area (Å²) in [7, 11) is 1.85. The number of carbonyl (C=O) groups is 2. The van der Waals surface area contributed by atoms with E-state index in [-0.39, 0.29) is 46.8 Å². The van der Waals surface area contributed by atoms with Crippen molar-refractivity contribution in [2.24, 2.45) is 0 Å². The monoisotopic (exact) mass is 465 g/mol. The summed E-state index contributed by atoms with van der Waals surface area (Å²) in [6.07, 6.45) is 2.08. The third-order valence-electron chi connectivity index (χ3n) is 5.75. The average Bonchev–Trinajstić information content (AvgIpc) is 2.66. The molecule has 0 radical (unpaired) electrons. The summed E-state index contributed by atoms with van der Waals surface area (Å²) in [6.45, 7) is 0.0162. The van der Waals surface area contributed by atoms with Gasteiger partial charge < -0.3 is 20.3 Å². The second-order valence-electron chi connectivity index (χ2n) is 8.38. The molecule has 0 aliphatic heterocycles. The fourth-order valence-electron chi connectivity index (χ4n) is 4.44. The maximum Gasteiger partial charge on any atom is 0.258 e. The van der Waals surface area contributed by atoms with Gasteiger partial charge in [-0.2, -0.15) is 0 Å². The molecular formula is C22H22Cl2FN3O3. The Morgan fingerprint density at radius 2 is 1.65 bits per heavy atom. The van der Waals surface area contributed by atoms with E-state index < -0.39 is 5.82 Å². The van der Waals surface area contributed by atoms with Gasteiger partial charge in [0.25, 0.3) is 5.91 Å². The molecule has 0 spiro atoms. The molecular weight excluding hydrogens is 444 g/mol. The van der Waals surface area contributed by atoms with Crippen molar-refractivity contribution < 1.29 is 18.7 Å². The van der Waals surface area contributed by atoms with Crippen molar-refractivity contribution in [3.8, 4) is 5.75 Å². The van der Waals surface area contributed by atoms with E-state index in [9.17, 15) is 14.0 Å². The normalized spacial score (nSPS) is 23.2. The first-order valence-electron chi connectivity index (χ1n) is 9.84. The van der Waals surface area contributed by atoms with Crippen molar-refractivity contribution >= 4 is 40.7 Å². The van der Waals surface area contributed by atoms with Gasteiger partial charge in [0.15, 0.2) is 6.61 Å². The van der Waals surface area contributed by atoms with Crippen LogP contribution < -0.4 is 20.3 Å². The topological polar surface area (TPSA) is 70.7 Å². The van der Waals surface area contributed by atoms with Crippen LogP contribution >= 0.6 is 23.2 Å². The predicted octanol–water partition coefficient (Wildman–Crippen LogP) is 3.56. The highest BCUT2D eigenvalue weighted by Gasteiger charge is 2.69. The van der Waals surface area contributed by atoms with Crippen molar-refractivity contribution in [3.63, 3.8) is 0 Å². The van der Waals surface area contributed by atoms with Crippen molar-refractivity contribution in [1.82, 2.24) is 10.6 Å². The standard InChI is InChI=1S/C22H22Cl2FN3O3/c1-28(15-4-2-14(23)3-5-15)9-19(29)26-21-11-22(12-21,13-21)27-20(30)10-31-16-6-7-17(24)18(25)8-16/h2-8H,9-13H2,1H3,(H,26,29)(H,27,30). The Kier molecular flexibility index (Phi) is 5.75. The summed E-state index contributed by atoms with van der Waals surface area (Å²) in [5.74, 6) is -0.704. The zero-order chi connectivity index (χ0) is 22.2. The summed E-state index contributed by atoms with van der Waals surface area (Å²) >= 11 is 11.5. The van der Waals surface area contributed by atoms with Gasteiger partial charge in [0.1, 0.15) is 11.6 Å². The van der Waals surface area contributed by atoms with Crippen LogP contribution in [0.15, 0.2) is 42.5 Å². The SMILES string of the molecule is CN(CC(=O)NC12CC(NC(=O)COc3ccc(Cl)c(F)c3)(C1)C2)c1ccc(Cl)cc1. The minimum Gasteiger partial charge on any atom is -0.484 e. The maximum absolute atomic E-state index is 13.4. The number of carbonyl (C=O) groups excluding carboxylic acids is 2. The number of benzene rings is 2. The second-order valence-corrected chi connectivity index (χ2v) is 9.23. The van der Waals surface area contributed by atoms with Crippen LogP contribution in [0.4, 0.5) is 10.1 Å². The van der Waals surface area contributed by atoms with Crippen LogP contribution in [0.2, 0.25) is 10.0 Å². The number of likely N-dealkylation sites (N-methyl/N-ethyl adjacent to an activating group) is 1. The average molecular weight is 466 g/mol. The lowest BCUT2D eigenvalue weighted by molar-refractivity contribution is -0.149. The third kappa shape index (κ3) is 4.72. The number of nitrogens with one attached hydrogen (secondary N) is 2. The van der Waals surface area contributed by atoms with E-state index in [0.717, 1.165) is 11.8 Å². The lowest BCUT2D eigenvalue weighted by atomic mass is 9.44. The molecule has 3 aliphatic rings. The van der Waals surface area contributed by atoms with Gasteiger partial charge in [-0.05, 0) is 55.7 Å². The van der Waals surface area contributed by atoms with Gasteiger partial charge in [-0.3, -0.25) is 9.59 Å². The molecule has 0 aromatic heterocycles. The van der Waals surface area contributed by atoms with Gasteiger partial charge in [-0.15, -0.1) is 0 Å². The first kappa shape index (κ1) is 21.7. The zero-order valence-electron chi connectivity index (χ0n) is 16.9. The Labute approximate surface area is 189 Å². The van der Waals surface area contributed by atoms with Crippen LogP contribution in [0, 0.1) is 5.82 Å². The number of ether oxygens (including phenoxy) is 1. The van der Waals surface area contributed by atoms with Crippen LogP contribution in [-0.2, 0) is 9.59 Å². The molecule has 0 unspecified atom stereocenters. The van der Waals surface area contributed by atoms with Crippen molar-refractivity contribution in [2.45, 2.75) is 30.3 Å². The lowest BCUT2D eigenvalue weighted by Gasteiger charge is -2.70. The van der Waals surface area contributed by atoms with E-state index in [4.69, 9.17) is 27.9 Å². The molecule has 0 atom stereocenters. The summed E-state index contributed by atoms with van der Waals surface area (Å²) in [5.41, 5.74) is 0.369. The molecule has 31 heavy (non-hydrogen) atoms. The molecule has 2 bridgehead atoms. The van der Waals surface area contributed by atoms with Crippen LogP contribution in [-0.4, -0.2) is 43.1 Å². The third-order valence-corrected chi connectivity index (χ3v) is 6.31. The Morgan fingerprint density at radius 3 is 2.26 bits per heavy atom. The van der Waals surface area contributed by atoms with Gasteiger partial charge in [0, 0.05) is 34.9 Å². The van der Waals surface area contributed by atoms with E-state index in [1.54, 1.807) is 12.1 Å². The lowest BCUT2D eigenvalue weighted by Crippen LogP contribution is -2.84. The number of halogens is 3. The number of anilines is 1. The van der Waals surface area contributed by atoms with Gasteiger partial charge in [0.2, 0.25) is 5.91 Å². The molecule has 2 N–H and O–H groups in total. The summed E-state index contributed by atoms with van der Waals surface area (Å²) in [5, 5.41) is 6.71. The van der Waals surface area contributed by atoms with Crippen molar-refractivity contribution in [1.29, 1.82) is 0 Å². The quantitative estimate of drug-likeness (QED) is 0.625. The zero-order valence-corrected chi connectivity index (χ0v) is 18.4. The molecule has 2 amide bonds. The minimum atomic E-state index is -0.599. The van der Waals surface area contributed by atoms with Crippen molar-refractivity contribution in [2.75, 3.05) is 25.1 Å². The number of hydrogen-bond acceptors (Lipinski definition) is 4. The number of nitrogens with zero attached hydrogens (tertiary/aromatic N) is 1. The maximum atomic E-state index is 13.4. The van der Waals surface area contributed by atoms with Crippen LogP contribution in [0.5, 0.6) is 5.75 Å². The van der Waals surface area contributed by atoms with Gasteiger partial charge in [-0.1, -0.05) is 23.2 Å². The molecule has 9 heteroatoms. The summed E-state index contributed by atoms with van der Waals surface area (Å²) < 4.78 is 18.8. The Balaban J connectivity index is 1.19. The smallest absolute Gasteiger partial charge is 0.258 e. The molecule has 3 fully saturated rings. The Bertz CT molecular complexity index is 996. The molecule has 3 saturated carbocycles. The Hall–Kier alpha value is -2.51. The van der Waals surface area contributed by atoms with E-state index in [1.165, 1.54) is 12.1 Å². The highest BCUT2D eigenvalue weighted by Crippen LogP contribution is 2.60. The Morgan fingerprint density at radius 1 is 1.03 bits per heavy atom. The summed E-state index contributed by atoms with van der Waals surface area (Å²) in [4.78, 5) is 26.5. The van der Waals surface area contributed by atoms with E-state index in [2.05, 4.69) is 10.6 Å². The van der Waals surface area contributed by atoms with Gasteiger partial charge in [-0.25, -0.2) is 4.39 Å². The largest absolute Gasteiger partial charge is 0.484 e. The van der Waals surface area contributed by atoms with E-state index >= 15 is 0 Å². The molecule has 0 saturated heterocycles. The number of rotatable bonds is 8. The molecule has 5 rings (SSSR count). The molecule has 6 nitrogen and oxygen atoms in total. The molecule has 164 valence electrons. The molecule has 2 aromatic rings. The minimum absolute atomic E-state index is 0.00243. The number of amides is 2. The first-order valence-corrected chi connectivity index (χ1v) is 10.6. The number of hydrogen-bond donors (Lipinski definition) is 2. The van der Waals surface area contributed by atoms with Crippen molar-refractivity contribution in [3.05, 3.63) is 58.3 Å². The molecule has 3 aliphatic carbocycles. The predicted molar refractivity (Wildman–Crippen MR) is 117 cm³/mol. The fourth-order valence-corrected chi connectivity index (χ4v) is 4.68. The van der Waals surface area contributed by atoms with Gasteiger partial charge in [0.05, 0.1) is 11.6 Å². The van der Waals surface area contributed by atoms with Crippen LogP contribution in [0.1, 0.15) is 19.3 Å². The highest BCUT2D eigenvalue weighted by atomic mass is 35.5. The van der Waals surface area contributed by atoms with E-state index in [1.807, 2.05) is 24.1 Å². The van der Waals surface area contributed by atoms with Crippen LogP contribution in [0.3, 0.4) is 0 Å². The summed E-state index contributed by atoms with van der Waals surface area (Å²) in [6, 6.07) is 11.3. The van der Waals surface area contributed by atoms with Crippen LogP contribution in [0.25, 0.3) is 0 Å². The fraction of sp³-hybridized carbons (Fsp3) is 0.364. The van der Waals surface area contributed by atoms with Gasteiger partial charge >= 0.3 is 0 Å². The molecule has 2 aromatic carbocycles. The second kappa shape index (κ2) is 8.20. The molecule has 0 heterocycles. The highest BCUT2D eigenvalue weighted by molar-refractivity contribution is 6.31. The first-order chi connectivity index (χ1) is 14.7.